The number of nitrogens with one attached hydrogen (secondary N) is 1. The fraction of sp³-hybridized carbons (Fsp3) is 0.560. The lowest BCUT2D eigenvalue weighted by atomic mass is 9.91. The molecule has 8 heteroatoms. The van der Waals surface area contributed by atoms with E-state index in [-0.39, 0.29) is 31.3 Å². The normalized spacial score (nSPS) is 16.3. The number of benzene rings is 1. The van der Waals surface area contributed by atoms with Crippen LogP contribution in [0.25, 0.3) is 10.4 Å². The Kier molecular flexibility index (Phi) is 11.2. The van der Waals surface area contributed by atoms with Crippen LogP contribution in [-0.4, -0.2) is 53.0 Å². The number of thiazole rings is 1. The number of nitrogens with zero attached hydrogens (tertiary/aromatic N) is 2. The third-order valence-electron chi connectivity index (χ3n) is 5.38. The number of nitrogens with two attached hydrogens (primary N) is 1. The predicted molar refractivity (Wildman–Crippen MR) is 136 cm³/mol. The van der Waals surface area contributed by atoms with E-state index in [2.05, 4.69) is 16.0 Å². The second-order valence-electron chi connectivity index (χ2n) is 9.12. The summed E-state index contributed by atoms with van der Waals surface area (Å²) in [6.07, 6.45) is 1.89. The Bertz CT molecular complexity index is 890. The zero-order valence-corrected chi connectivity index (χ0v) is 20.5. The first-order valence-corrected chi connectivity index (χ1v) is 11.9. The smallest absolute Gasteiger partial charge is 0.243 e. The molecule has 1 fully saturated rings. The molecule has 0 aliphatic carbocycles. The molecular weight excluding hydrogens is 436 g/mol. The van der Waals surface area contributed by atoms with Crippen molar-refractivity contribution in [3.63, 3.8) is 0 Å². The Morgan fingerprint density at radius 1 is 1.27 bits per heavy atom. The molecule has 0 saturated carbocycles. The van der Waals surface area contributed by atoms with Crippen molar-refractivity contribution < 1.29 is 14.7 Å². The summed E-state index contributed by atoms with van der Waals surface area (Å²) in [7, 11) is 1.50. The van der Waals surface area contributed by atoms with Crippen LogP contribution >= 0.6 is 11.3 Å². The number of hydrogen-bond acceptors (Lipinski definition) is 6. The van der Waals surface area contributed by atoms with E-state index in [9.17, 15) is 14.7 Å². The van der Waals surface area contributed by atoms with E-state index in [0.717, 1.165) is 28.1 Å². The Morgan fingerprint density at radius 3 is 2.42 bits per heavy atom. The van der Waals surface area contributed by atoms with E-state index in [4.69, 9.17) is 0 Å². The van der Waals surface area contributed by atoms with Crippen LogP contribution in [0.1, 0.15) is 64.8 Å². The van der Waals surface area contributed by atoms with Crippen molar-refractivity contribution in [3.8, 4) is 10.4 Å². The summed E-state index contributed by atoms with van der Waals surface area (Å²) >= 11 is 1.59. The van der Waals surface area contributed by atoms with Gasteiger partial charge in [-0.15, -0.1) is 11.3 Å². The Morgan fingerprint density at radius 2 is 1.91 bits per heavy atom. The Hall–Kier alpha value is -2.29. The van der Waals surface area contributed by atoms with Gasteiger partial charge in [-0.2, -0.15) is 0 Å². The lowest BCUT2D eigenvalue weighted by molar-refractivity contribution is -0.140. The number of aryl methyl sites for hydroxylation is 1. The lowest BCUT2D eigenvalue weighted by Gasteiger charge is -2.28. The molecule has 2 atom stereocenters. The number of carbonyl (C=O) groups is 2. The minimum Gasteiger partial charge on any atom is -0.394 e. The fourth-order valence-electron chi connectivity index (χ4n) is 3.84. The molecule has 2 unspecified atom stereocenters. The molecule has 1 aliphatic rings. The summed E-state index contributed by atoms with van der Waals surface area (Å²) in [5.74, 6) is -0.179. The van der Waals surface area contributed by atoms with Crippen molar-refractivity contribution in [2.24, 2.45) is 11.1 Å². The van der Waals surface area contributed by atoms with Gasteiger partial charge >= 0.3 is 0 Å². The highest BCUT2D eigenvalue weighted by Gasteiger charge is 2.36. The molecule has 0 radical (unpaired) electrons. The highest BCUT2D eigenvalue weighted by molar-refractivity contribution is 7.13. The molecule has 3 rings (SSSR count). The van der Waals surface area contributed by atoms with E-state index in [1.165, 1.54) is 7.05 Å². The molecule has 1 saturated heterocycles. The van der Waals surface area contributed by atoms with Gasteiger partial charge in [-0.1, -0.05) is 52.5 Å². The fourth-order valence-corrected chi connectivity index (χ4v) is 4.65. The summed E-state index contributed by atoms with van der Waals surface area (Å²) in [5, 5.41) is 12.8. The van der Waals surface area contributed by atoms with Gasteiger partial charge in [-0.3, -0.25) is 9.59 Å². The monoisotopic (exact) mass is 476 g/mol. The second-order valence-corrected chi connectivity index (χ2v) is 9.97. The van der Waals surface area contributed by atoms with Gasteiger partial charge in [-0.25, -0.2) is 4.98 Å². The van der Waals surface area contributed by atoms with Gasteiger partial charge < -0.3 is 21.1 Å². The zero-order chi connectivity index (χ0) is 23.9. The van der Waals surface area contributed by atoms with Crippen molar-refractivity contribution in [1.29, 1.82) is 0 Å². The number of likely N-dealkylation sites (tertiary alicyclic amines) is 1. The first-order valence-electron chi connectivity index (χ1n) is 11.0. The molecule has 1 aromatic heterocycles. The van der Waals surface area contributed by atoms with Gasteiger partial charge in [0, 0.05) is 13.0 Å². The van der Waals surface area contributed by atoms with Gasteiger partial charge in [-0.05, 0) is 43.4 Å². The van der Waals surface area contributed by atoms with Crippen LogP contribution in [0.4, 0.5) is 0 Å². The van der Waals surface area contributed by atoms with Crippen LogP contribution in [0.15, 0.2) is 29.8 Å². The van der Waals surface area contributed by atoms with Crippen LogP contribution in [-0.2, 0) is 9.59 Å². The predicted octanol–water partition coefficient (Wildman–Crippen LogP) is 3.91. The SMILES string of the molecule is C.CN.Cc1ncsc1-c1ccc(C(CO)NC(=O)C2CCCN2C(=O)CC(C)(C)C)cc1. The highest BCUT2D eigenvalue weighted by atomic mass is 32.1. The maximum atomic E-state index is 12.9. The van der Waals surface area contributed by atoms with Gasteiger partial charge in [0.05, 0.1) is 28.7 Å². The van der Waals surface area contributed by atoms with Crippen molar-refractivity contribution in [2.75, 3.05) is 20.2 Å². The first-order chi connectivity index (χ1) is 15.2. The number of rotatable bonds is 6. The van der Waals surface area contributed by atoms with Crippen molar-refractivity contribution >= 4 is 23.2 Å². The number of hydrogen-bond donors (Lipinski definition) is 3. The van der Waals surface area contributed by atoms with E-state index in [1.54, 1.807) is 16.2 Å². The van der Waals surface area contributed by atoms with Gasteiger partial charge in [0.25, 0.3) is 0 Å². The van der Waals surface area contributed by atoms with E-state index >= 15 is 0 Å². The quantitative estimate of drug-likeness (QED) is 0.586. The van der Waals surface area contributed by atoms with Crippen molar-refractivity contribution in [2.45, 2.75) is 66.5 Å². The molecule has 2 amide bonds. The topological polar surface area (TPSA) is 109 Å². The van der Waals surface area contributed by atoms with E-state index in [0.29, 0.717) is 19.4 Å². The molecule has 1 aliphatic heterocycles. The Labute approximate surface area is 202 Å². The standard InChI is InChI=1S/C23H31N3O3S.CH5N.CH4/c1-15-21(30-14-24-15)17-9-7-16(8-10-17)18(13-27)25-22(29)19-6-5-11-26(19)20(28)12-23(2,3)4;1-2;/h7-10,14,18-19,27H,5-6,11-13H2,1-4H3,(H,25,29);2H2,1H3;1H4. The second kappa shape index (κ2) is 12.8. The van der Waals surface area contributed by atoms with E-state index in [1.807, 2.05) is 57.5 Å². The third kappa shape index (κ3) is 7.62. The molecule has 184 valence electrons. The first kappa shape index (κ1) is 28.7. The Balaban J connectivity index is 0.00000177. The van der Waals surface area contributed by atoms with Gasteiger partial charge in [0.1, 0.15) is 6.04 Å². The summed E-state index contributed by atoms with van der Waals surface area (Å²) in [6.45, 7) is 8.46. The molecule has 2 heterocycles. The van der Waals surface area contributed by atoms with Crippen LogP contribution < -0.4 is 11.1 Å². The average Bonchev–Trinajstić information content (AvgIpc) is 3.41. The van der Waals surface area contributed by atoms with Crippen LogP contribution in [0.5, 0.6) is 0 Å². The van der Waals surface area contributed by atoms with Gasteiger partial charge in [0.15, 0.2) is 0 Å². The highest BCUT2D eigenvalue weighted by Crippen LogP contribution is 2.29. The molecule has 7 nitrogen and oxygen atoms in total. The maximum absolute atomic E-state index is 12.9. The molecule has 33 heavy (non-hydrogen) atoms. The number of amides is 2. The molecule has 0 bridgehead atoms. The summed E-state index contributed by atoms with van der Waals surface area (Å²) in [5.41, 5.74) is 9.09. The summed E-state index contributed by atoms with van der Waals surface area (Å²) < 4.78 is 0. The minimum atomic E-state index is -0.505. The maximum Gasteiger partial charge on any atom is 0.243 e. The number of aromatic nitrogens is 1. The van der Waals surface area contributed by atoms with Crippen LogP contribution in [0, 0.1) is 12.3 Å². The number of aliphatic hydroxyl groups is 1. The summed E-state index contributed by atoms with van der Waals surface area (Å²) in [6, 6.07) is 6.85. The average molecular weight is 477 g/mol. The molecule has 4 N–H and O–H groups in total. The van der Waals surface area contributed by atoms with Crippen LogP contribution in [0.2, 0.25) is 0 Å². The lowest BCUT2D eigenvalue weighted by Crippen LogP contribution is -2.48. The minimum absolute atomic E-state index is 0. The summed E-state index contributed by atoms with van der Waals surface area (Å²) in [4.78, 5) is 32.7. The number of carbonyl (C=O) groups excluding carboxylic acids is 2. The van der Waals surface area contributed by atoms with Crippen molar-refractivity contribution in [3.05, 3.63) is 41.0 Å². The van der Waals surface area contributed by atoms with Crippen molar-refractivity contribution in [1.82, 2.24) is 15.2 Å². The molecule has 0 spiro atoms. The zero-order valence-electron chi connectivity index (χ0n) is 19.7. The molecule has 1 aromatic carbocycles. The largest absolute Gasteiger partial charge is 0.394 e. The van der Waals surface area contributed by atoms with Crippen LogP contribution in [0.3, 0.4) is 0 Å². The number of aliphatic hydroxyl groups excluding tert-OH is 1. The molecule has 2 aromatic rings. The van der Waals surface area contributed by atoms with E-state index < -0.39 is 12.1 Å². The third-order valence-corrected chi connectivity index (χ3v) is 6.35. The van der Waals surface area contributed by atoms with Gasteiger partial charge in [0.2, 0.25) is 11.8 Å². The molecular formula is C25H40N4O3S.